The summed E-state index contributed by atoms with van der Waals surface area (Å²) in [7, 11) is 1.29. The minimum absolute atomic E-state index is 0.00898. The Morgan fingerprint density at radius 2 is 2.24 bits per heavy atom. The van der Waals surface area contributed by atoms with Crippen LogP contribution in [0.3, 0.4) is 0 Å². The molecule has 0 N–H and O–H groups in total. The number of methoxy groups -OCH3 is 1. The Hall–Kier alpha value is -1.59. The molecule has 0 aromatic carbocycles. The van der Waals surface area contributed by atoms with Crippen LogP contribution in [0.25, 0.3) is 0 Å². The summed E-state index contributed by atoms with van der Waals surface area (Å²) in [6, 6.07) is -0.621. The maximum Gasteiger partial charge on any atom is 0.328 e. The van der Waals surface area contributed by atoms with Gasteiger partial charge in [-0.2, -0.15) is 0 Å². The smallest absolute Gasteiger partial charge is 0.328 e. The van der Waals surface area contributed by atoms with Crippen LogP contribution in [-0.4, -0.2) is 48.5 Å². The molecule has 0 aromatic heterocycles. The van der Waals surface area contributed by atoms with E-state index in [-0.39, 0.29) is 18.1 Å². The lowest BCUT2D eigenvalue weighted by molar-refractivity contribution is -0.160. The lowest BCUT2D eigenvalue weighted by Gasteiger charge is -2.39. The number of esters is 1. The van der Waals surface area contributed by atoms with Crippen molar-refractivity contribution in [3.8, 4) is 0 Å². The van der Waals surface area contributed by atoms with E-state index in [9.17, 15) is 14.4 Å². The molecule has 2 heterocycles. The molecule has 0 aliphatic carbocycles. The van der Waals surface area contributed by atoms with Gasteiger partial charge in [0.15, 0.2) is 0 Å². The first kappa shape index (κ1) is 11.9. The summed E-state index contributed by atoms with van der Waals surface area (Å²) in [5, 5.41) is 0. The second-order valence-electron chi connectivity index (χ2n) is 4.36. The Bertz CT molecular complexity index is 343. The summed E-state index contributed by atoms with van der Waals surface area (Å²) in [6.07, 6.45) is 1.80. The largest absolute Gasteiger partial charge is 0.467 e. The first-order chi connectivity index (χ1) is 8.17. The highest BCUT2D eigenvalue weighted by Gasteiger charge is 2.46. The molecule has 6 heteroatoms. The van der Waals surface area contributed by atoms with E-state index in [1.54, 1.807) is 4.90 Å². The Morgan fingerprint density at radius 1 is 1.47 bits per heavy atom. The van der Waals surface area contributed by atoms with Crippen molar-refractivity contribution >= 4 is 18.3 Å². The topological polar surface area (TPSA) is 72.9 Å². The van der Waals surface area contributed by atoms with E-state index in [1.165, 1.54) is 7.11 Å². The summed E-state index contributed by atoms with van der Waals surface area (Å²) in [5.74, 6) is -0.459. The third-order valence-corrected chi connectivity index (χ3v) is 3.45. The quantitative estimate of drug-likeness (QED) is 0.507. The van der Waals surface area contributed by atoms with Gasteiger partial charge in [-0.1, -0.05) is 0 Å². The molecule has 2 aliphatic heterocycles. The second-order valence-corrected chi connectivity index (χ2v) is 4.36. The van der Waals surface area contributed by atoms with Crippen LogP contribution >= 0.6 is 0 Å². The Kier molecular flexibility index (Phi) is 3.31. The molecule has 2 aliphatic rings. The molecule has 2 saturated heterocycles. The van der Waals surface area contributed by atoms with Crippen LogP contribution in [0.5, 0.6) is 0 Å². The minimum Gasteiger partial charge on any atom is -0.467 e. The average Bonchev–Trinajstić information content (AvgIpc) is 2.70. The number of carbonyl (C=O) groups is 3. The number of amides is 1. The zero-order chi connectivity index (χ0) is 12.4. The zero-order valence-electron chi connectivity index (χ0n) is 9.63. The predicted molar refractivity (Wildman–Crippen MR) is 55.8 cm³/mol. The standard InChI is InChI=1S/C11H15NO5/c1-16-11(15)9-5-8(17-6-13)4-7-2-3-10(14)12(7)9/h6-9H,2-5H2,1H3/t7-,8-,9+/m1/s1. The molecule has 6 nitrogen and oxygen atoms in total. The molecule has 17 heavy (non-hydrogen) atoms. The molecular formula is C11H15NO5. The number of rotatable bonds is 3. The number of hydrogen-bond acceptors (Lipinski definition) is 5. The fourth-order valence-electron chi connectivity index (χ4n) is 2.72. The summed E-state index contributed by atoms with van der Waals surface area (Å²) in [5.41, 5.74) is 0. The SMILES string of the molecule is COC(=O)[C@@H]1C[C@H](OC=O)C[C@H]2CCC(=O)N21. The number of nitrogens with zero attached hydrogens (tertiary/aromatic N) is 1. The molecular weight excluding hydrogens is 226 g/mol. The van der Waals surface area contributed by atoms with Crippen molar-refractivity contribution in [2.75, 3.05) is 7.11 Å². The highest BCUT2D eigenvalue weighted by atomic mass is 16.5. The third kappa shape index (κ3) is 2.11. The molecule has 0 bridgehead atoms. The fraction of sp³-hybridized carbons (Fsp3) is 0.727. The summed E-state index contributed by atoms with van der Waals surface area (Å²) in [4.78, 5) is 35.3. The molecule has 0 radical (unpaired) electrons. The van der Waals surface area contributed by atoms with E-state index in [4.69, 9.17) is 9.47 Å². The summed E-state index contributed by atoms with van der Waals surface area (Å²) in [6.45, 7) is 0.394. The van der Waals surface area contributed by atoms with Gasteiger partial charge in [-0.3, -0.25) is 9.59 Å². The van der Waals surface area contributed by atoms with Gasteiger partial charge >= 0.3 is 5.97 Å². The van der Waals surface area contributed by atoms with Crippen molar-refractivity contribution in [1.29, 1.82) is 0 Å². The summed E-state index contributed by atoms with van der Waals surface area (Å²) >= 11 is 0. The third-order valence-electron chi connectivity index (χ3n) is 3.45. The van der Waals surface area contributed by atoms with E-state index in [0.29, 0.717) is 32.2 Å². The number of piperidine rings is 1. The average molecular weight is 241 g/mol. The minimum atomic E-state index is -0.612. The van der Waals surface area contributed by atoms with E-state index < -0.39 is 12.0 Å². The van der Waals surface area contributed by atoms with Crippen molar-refractivity contribution in [2.45, 2.75) is 43.9 Å². The lowest BCUT2D eigenvalue weighted by atomic mass is 9.94. The van der Waals surface area contributed by atoms with Gasteiger partial charge in [-0.25, -0.2) is 4.79 Å². The van der Waals surface area contributed by atoms with Gasteiger partial charge in [-0.15, -0.1) is 0 Å². The van der Waals surface area contributed by atoms with Crippen LogP contribution in [0.2, 0.25) is 0 Å². The maximum atomic E-state index is 11.7. The Labute approximate surface area is 98.8 Å². The molecule has 0 spiro atoms. The molecule has 1 amide bonds. The highest BCUT2D eigenvalue weighted by molar-refractivity contribution is 5.86. The van der Waals surface area contributed by atoms with Crippen LogP contribution in [0, 0.1) is 0 Å². The monoisotopic (exact) mass is 241 g/mol. The van der Waals surface area contributed by atoms with E-state index in [2.05, 4.69) is 0 Å². The predicted octanol–water partition coefficient (Wildman–Crippen LogP) is -0.146. The number of fused-ring (bicyclic) bond motifs is 1. The zero-order valence-corrected chi connectivity index (χ0v) is 9.63. The van der Waals surface area contributed by atoms with E-state index in [0.717, 1.165) is 0 Å². The first-order valence-corrected chi connectivity index (χ1v) is 5.65. The van der Waals surface area contributed by atoms with Crippen LogP contribution in [-0.2, 0) is 23.9 Å². The molecule has 2 rings (SSSR count). The molecule has 0 aromatic rings. The maximum absolute atomic E-state index is 11.7. The van der Waals surface area contributed by atoms with Gasteiger partial charge in [0.25, 0.3) is 6.47 Å². The van der Waals surface area contributed by atoms with E-state index in [1.807, 2.05) is 0 Å². The van der Waals surface area contributed by atoms with Gasteiger partial charge in [0.2, 0.25) is 5.91 Å². The fourth-order valence-corrected chi connectivity index (χ4v) is 2.72. The lowest BCUT2D eigenvalue weighted by Crippen LogP contribution is -2.53. The van der Waals surface area contributed by atoms with Crippen LogP contribution in [0.4, 0.5) is 0 Å². The van der Waals surface area contributed by atoms with Crippen molar-refractivity contribution in [3.63, 3.8) is 0 Å². The van der Waals surface area contributed by atoms with Gasteiger partial charge in [-0.05, 0) is 6.42 Å². The molecule has 0 saturated carbocycles. The van der Waals surface area contributed by atoms with Crippen molar-refractivity contribution < 1.29 is 23.9 Å². The van der Waals surface area contributed by atoms with Crippen LogP contribution in [0.15, 0.2) is 0 Å². The van der Waals surface area contributed by atoms with Crippen LogP contribution < -0.4 is 0 Å². The molecule has 0 unspecified atom stereocenters. The molecule has 94 valence electrons. The van der Waals surface area contributed by atoms with Gasteiger partial charge in [0, 0.05) is 25.3 Å². The van der Waals surface area contributed by atoms with Gasteiger partial charge in [0.1, 0.15) is 12.1 Å². The Morgan fingerprint density at radius 3 is 2.88 bits per heavy atom. The molecule has 2 fully saturated rings. The highest BCUT2D eigenvalue weighted by Crippen LogP contribution is 2.33. The first-order valence-electron chi connectivity index (χ1n) is 5.65. The molecule has 3 atom stereocenters. The van der Waals surface area contributed by atoms with Crippen LogP contribution in [0.1, 0.15) is 25.7 Å². The number of ether oxygens (including phenoxy) is 2. The normalized spacial score (nSPS) is 31.9. The summed E-state index contributed by atoms with van der Waals surface area (Å²) < 4.78 is 9.62. The Balaban J connectivity index is 2.16. The van der Waals surface area contributed by atoms with Gasteiger partial charge in [0.05, 0.1) is 7.11 Å². The second kappa shape index (κ2) is 4.73. The van der Waals surface area contributed by atoms with Crippen molar-refractivity contribution in [2.24, 2.45) is 0 Å². The number of hydrogen-bond donors (Lipinski definition) is 0. The van der Waals surface area contributed by atoms with Crippen molar-refractivity contribution in [3.05, 3.63) is 0 Å². The van der Waals surface area contributed by atoms with Crippen molar-refractivity contribution in [1.82, 2.24) is 4.90 Å². The number of carbonyl (C=O) groups excluding carboxylic acids is 3. The van der Waals surface area contributed by atoms with Gasteiger partial charge < -0.3 is 14.4 Å². The van der Waals surface area contributed by atoms with E-state index >= 15 is 0 Å².